The third-order valence-corrected chi connectivity index (χ3v) is 1.87. The molecule has 74 valence electrons. The van der Waals surface area contributed by atoms with Crippen LogP contribution in [0.1, 0.15) is 13.3 Å². The predicted molar refractivity (Wildman–Crippen MR) is 52.9 cm³/mol. The Bertz CT molecular complexity index is 355. The Balaban J connectivity index is 2.82. The summed E-state index contributed by atoms with van der Waals surface area (Å²) >= 11 is 0. The van der Waals surface area contributed by atoms with Gasteiger partial charge in [0.2, 0.25) is 0 Å². The molecule has 1 aromatic rings. The van der Waals surface area contributed by atoms with Crippen molar-refractivity contribution in [2.75, 3.05) is 5.32 Å². The standard InChI is InChI=1S/C11H11F2N/c1-3-9(4-2)14-11-6-5-8(12)7-10(11)13/h1,5-7,9,14H,4H2,2H3. The van der Waals surface area contributed by atoms with E-state index in [2.05, 4.69) is 11.2 Å². The molecule has 1 atom stereocenters. The van der Waals surface area contributed by atoms with Gasteiger partial charge in [0.15, 0.2) is 0 Å². The van der Waals surface area contributed by atoms with Gasteiger partial charge in [0.1, 0.15) is 11.6 Å². The number of hydrogen-bond acceptors (Lipinski definition) is 1. The van der Waals surface area contributed by atoms with E-state index in [9.17, 15) is 8.78 Å². The van der Waals surface area contributed by atoms with Crippen molar-refractivity contribution in [3.8, 4) is 12.3 Å². The number of anilines is 1. The van der Waals surface area contributed by atoms with Gasteiger partial charge in [-0.2, -0.15) is 0 Å². The van der Waals surface area contributed by atoms with E-state index in [0.29, 0.717) is 6.42 Å². The SMILES string of the molecule is C#CC(CC)Nc1ccc(F)cc1F. The lowest BCUT2D eigenvalue weighted by atomic mass is 10.2. The van der Waals surface area contributed by atoms with E-state index in [0.717, 1.165) is 6.07 Å². The highest BCUT2D eigenvalue weighted by Crippen LogP contribution is 2.16. The van der Waals surface area contributed by atoms with Crippen molar-refractivity contribution >= 4 is 5.69 Å². The van der Waals surface area contributed by atoms with E-state index in [1.807, 2.05) is 6.92 Å². The van der Waals surface area contributed by atoms with Crippen molar-refractivity contribution in [3.05, 3.63) is 29.8 Å². The quantitative estimate of drug-likeness (QED) is 0.731. The molecule has 1 N–H and O–H groups in total. The van der Waals surface area contributed by atoms with Gasteiger partial charge in [0, 0.05) is 6.07 Å². The number of rotatable bonds is 3. The summed E-state index contributed by atoms with van der Waals surface area (Å²) in [6, 6.07) is 3.13. The average molecular weight is 195 g/mol. The van der Waals surface area contributed by atoms with Crippen LogP contribution in [0.3, 0.4) is 0 Å². The number of hydrogen-bond donors (Lipinski definition) is 1. The second-order valence-corrected chi connectivity index (χ2v) is 2.90. The van der Waals surface area contributed by atoms with E-state index in [-0.39, 0.29) is 11.7 Å². The molecule has 0 radical (unpaired) electrons. The lowest BCUT2D eigenvalue weighted by Crippen LogP contribution is -2.16. The molecule has 0 spiro atoms. The van der Waals surface area contributed by atoms with Crippen molar-refractivity contribution < 1.29 is 8.78 Å². The van der Waals surface area contributed by atoms with Gasteiger partial charge in [-0.25, -0.2) is 8.78 Å². The summed E-state index contributed by atoms with van der Waals surface area (Å²) in [5.41, 5.74) is 0.233. The smallest absolute Gasteiger partial charge is 0.149 e. The molecule has 1 rings (SSSR count). The van der Waals surface area contributed by atoms with Crippen LogP contribution in [0.15, 0.2) is 18.2 Å². The molecule has 0 fully saturated rings. The molecule has 0 bridgehead atoms. The molecule has 0 saturated carbocycles. The molecule has 1 nitrogen and oxygen atoms in total. The Morgan fingerprint density at radius 1 is 1.50 bits per heavy atom. The molecule has 0 aliphatic carbocycles. The van der Waals surface area contributed by atoms with E-state index in [1.165, 1.54) is 12.1 Å². The zero-order valence-electron chi connectivity index (χ0n) is 7.85. The first-order chi connectivity index (χ1) is 6.67. The number of halogens is 2. The molecular weight excluding hydrogens is 184 g/mol. The average Bonchev–Trinajstić information content (AvgIpc) is 2.17. The number of terminal acetylenes is 1. The fraction of sp³-hybridized carbons (Fsp3) is 0.273. The minimum atomic E-state index is -0.626. The van der Waals surface area contributed by atoms with Gasteiger partial charge in [0.25, 0.3) is 0 Å². The zero-order valence-corrected chi connectivity index (χ0v) is 7.85. The Morgan fingerprint density at radius 2 is 2.21 bits per heavy atom. The summed E-state index contributed by atoms with van der Waals surface area (Å²) in [4.78, 5) is 0. The first kappa shape index (κ1) is 10.5. The van der Waals surface area contributed by atoms with Gasteiger partial charge in [-0.3, -0.25) is 0 Å². The predicted octanol–water partition coefficient (Wildman–Crippen LogP) is 2.79. The van der Waals surface area contributed by atoms with Gasteiger partial charge in [-0.05, 0) is 18.6 Å². The number of benzene rings is 1. The first-order valence-corrected chi connectivity index (χ1v) is 4.35. The molecule has 0 aliphatic heterocycles. The van der Waals surface area contributed by atoms with Crippen LogP contribution in [0, 0.1) is 24.0 Å². The zero-order chi connectivity index (χ0) is 10.6. The molecule has 1 unspecified atom stereocenters. The van der Waals surface area contributed by atoms with E-state index >= 15 is 0 Å². The maximum Gasteiger partial charge on any atom is 0.149 e. The minimum absolute atomic E-state index is 0.227. The van der Waals surface area contributed by atoms with Crippen molar-refractivity contribution in [1.29, 1.82) is 0 Å². The molecule has 1 aromatic carbocycles. The summed E-state index contributed by atoms with van der Waals surface area (Å²) in [5.74, 6) is 1.25. The molecule has 3 heteroatoms. The third kappa shape index (κ3) is 2.46. The van der Waals surface area contributed by atoms with Gasteiger partial charge >= 0.3 is 0 Å². The van der Waals surface area contributed by atoms with Gasteiger partial charge < -0.3 is 5.32 Å². The number of nitrogens with one attached hydrogen (secondary N) is 1. The van der Waals surface area contributed by atoms with E-state index < -0.39 is 11.6 Å². The van der Waals surface area contributed by atoms with Crippen LogP contribution in [-0.2, 0) is 0 Å². The van der Waals surface area contributed by atoms with Crippen LogP contribution < -0.4 is 5.32 Å². The molecule has 0 heterocycles. The summed E-state index contributed by atoms with van der Waals surface area (Å²) < 4.78 is 25.7. The Labute approximate surface area is 82.1 Å². The van der Waals surface area contributed by atoms with Crippen LogP contribution in [0.25, 0.3) is 0 Å². The lowest BCUT2D eigenvalue weighted by Gasteiger charge is -2.12. The van der Waals surface area contributed by atoms with Crippen molar-refractivity contribution in [3.63, 3.8) is 0 Å². The molecule has 0 saturated heterocycles. The van der Waals surface area contributed by atoms with Gasteiger partial charge in [0.05, 0.1) is 11.7 Å². The topological polar surface area (TPSA) is 12.0 Å². The summed E-state index contributed by atoms with van der Waals surface area (Å²) in [5, 5.41) is 2.80. The third-order valence-electron chi connectivity index (χ3n) is 1.87. The summed E-state index contributed by atoms with van der Waals surface area (Å²) in [6.45, 7) is 1.89. The van der Waals surface area contributed by atoms with Crippen LogP contribution >= 0.6 is 0 Å². The monoisotopic (exact) mass is 195 g/mol. The van der Waals surface area contributed by atoms with Gasteiger partial charge in [-0.15, -0.1) is 6.42 Å². The van der Waals surface area contributed by atoms with E-state index in [4.69, 9.17) is 6.42 Å². The fourth-order valence-corrected chi connectivity index (χ4v) is 1.06. The summed E-state index contributed by atoms with van der Waals surface area (Å²) in [6.07, 6.45) is 5.89. The van der Waals surface area contributed by atoms with Crippen LogP contribution in [0.4, 0.5) is 14.5 Å². The van der Waals surface area contributed by atoms with Crippen molar-refractivity contribution in [2.45, 2.75) is 19.4 Å². The van der Waals surface area contributed by atoms with Crippen LogP contribution in [0.5, 0.6) is 0 Å². The maximum atomic E-state index is 13.1. The second-order valence-electron chi connectivity index (χ2n) is 2.90. The second kappa shape index (κ2) is 4.61. The highest BCUT2D eigenvalue weighted by Gasteiger charge is 2.06. The molecule has 0 aliphatic rings. The maximum absolute atomic E-state index is 13.1. The Hall–Kier alpha value is -1.56. The van der Waals surface area contributed by atoms with E-state index in [1.54, 1.807) is 0 Å². The first-order valence-electron chi connectivity index (χ1n) is 4.35. The lowest BCUT2D eigenvalue weighted by molar-refractivity contribution is 0.584. The normalized spacial score (nSPS) is 11.9. The minimum Gasteiger partial charge on any atom is -0.369 e. The highest BCUT2D eigenvalue weighted by molar-refractivity contribution is 5.46. The Kier molecular flexibility index (Phi) is 3.47. The molecule has 0 aromatic heterocycles. The highest BCUT2D eigenvalue weighted by atomic mass is 19.1. The van der Waals surface area contributed by atoms with Gasteiger partial charge in [-0.1, -0.05) is 12.8 Å². The van der Waals surface area contributed by atoms with Crippen LogP contribution in [0.2, 0.25) is 0 Å². The fourth-order valence-electron chi connectivity index (χ4n) is 1.06. The molecular formula is C11H11F2N. The molecule has 0 amide bonds. The largest absolute Gasteiger partial charge is 0.369 e. The van der Waals surface area contributed by atoms with Crippen molar-refractivity contribution in [2.24, 2.45) is 0 Å². The van der Waals surface area contributed by atoms with Crippen molar-refractivity contribution in [1.82, 2.24) is 0 Å². The molecule has 14 heavy (non-hydrogen) atoms. The summed E-state index contributed by atoms with van der Waals surface area (Å²) in [7, 11) is 0. The van der Waals surface area contributed by atoms with Crippen LogP contribution in [-0.4, -0.2) is 6.04 Å². The Morgan fingerprint density at radius 3 is 2.71 bits per heavy atom.